The summed E-state index contributed by atoms with van der Waals surface area (Å²) >= 11 is 0. The molecular formula is C20H26N2O4S. The van der Waals surface area contributed by atoms with Gasteiger partial charge in [0.1, 0.15) is 5.75 Å². The zero-order valence-electron chi connectivity index (χ0n) is 15.8. The van der Waals surface area contributed by atoms with Crippen molar-refractivity contribution in [2.45, 2.75) is 44.2 Å². The van der Waals surface area contributed by atoms with E-state index in [9.17, 15) is 13.2 Å². The van der Waals surface area contributed by atoms with Crippen LogP contribution < -0.4 is 14.8 Å². The smallest absolute Gasteiger partial charge is 0.260 e. The Morgan fingerprint density at radius 3 is 2.22 bits per heavy atom. The molecule has 0 bridgehead atoms. The predicted molar refractivity (Wildman–Crippen MR) is 105 cm³/mol. The number of hydrogen-bond donors (Lipinski definition) is 2. The van der Waals surface area contributed by atoms with Crippen LogP contribution in [0.3, 0.4) is 0 Å². The first-order valence-electron chi connectivity index (χ1n) is 8.88. The number of nitrogens with one attached hydrogen (secondary N) is 2. The topological polar surface area (TPSA) is 84.5 Å². The summed E-state index contributed by atoms with van der Waals surface area (Å²) in [4.78, 5) is 12.0. The minimum atomic E-state index is -3.59. The Kier molecular flexibility index (Phi) is 7.38. The molecule has 0 saturated carbocycles. The van der Waals surface area contributed by atoms with Crippen LogP contribution in [0.4, 0.5) is 0 Å². The lowest BCUT2D eigenvalue weighted by atomic mass is 10.2. The van der Waals surface area contributed by atoms with Gasteiger partial charge in [0.15, 0.2) is 6.10 Å². The van der Waals surface area contributed by atoms with E-state index >= 15 is 0 Å². The van der Waals surface area contributed by atoms with Crippen LogP contribution in [0.25, 0.3) is 0 Å². The second-order valence-corrected chi connectivity index (χ2v) is 8.30. The van der Waals surface area contributed by atoms with E-state index in [0.29, 0.717) is 18.7 Å². The number of hydrogen-bond acceptors (Lipinski definition) is 4. The van der Waals surface area contributed by atoms with E-state index in [4.69, 9.17) is 4.74 Å². The second kappa shape index (κ2) is 9.53. The van der Waals surface area contributed by atoms with Crippen molar-refractivity contribution in [2.75, 3.05) is 6.54 Å². The minimum Gasteiger partial charge on any atom is -0.481 e. The Bertz CT molecular complexity index is 834. The van der Waals surface area contributed by atoms with Gasteiger partial charge in [-0.1, -0.05) is 30.3 Å². The van der Waals surface area contributed by atoms with Crippen molar-refractivity contribution in [3.63, 3.8) is 0 Å². The maximum Gasteiger partial charge on any atom is 0.260 e. The van der Waals surface area contributed by atoms with Gasteiger partial charge in [-0.25, -0.2) is 13.1 Å². The van der Waals surface area contributed by atoms with Gasteiger partial charge in [-0.3, -0.25) is 4.79 Å². The highest BCUT2D eigenvalue weighted by atomic mass is 32.2. The lowest BCUT2D eigenvalue weighted by Crippen LogP contribution is -2.40. The Hall–Kier alpha value is -2.38. The SMILES string of the molecule is CC(C)NC(=O)[C@@H](C)Oc1ccc(S(=O)(=O)NCCc2ccccc2)cc1. The van der Waals surface area contributed by atoms with Crippen molar-refractivity contribution in [3.05, 3.63) is 60.2 Å². The van der Waals surface area contributed by atoms with Gasteiger partial charge in [-0.2, -0.15) is 0 Å². The predicted octanol–water partition coefficient (Wildman–Crippen LogP) is 2.50. The summed E-state index contributed by atoms with van der Waals surface area (Å²) < 4.78 is 32.9. The maximum atomic E-state index is 12.4. The van der Waals surface area contributed by atoms with Gasteiger partial charge in [-0.05, 0) is 57.0 Å². The first-order valence-corrected chi connectivity index (χ1v) is 10.4. The Morgan fingerprint density at radius 1 is 1.00 bits per heavy atom. The van der Waals surface area contributed by atoms with Crippen LogP contribution >= 0.6 is 0 Å². The van der Waals surface area contributed by atoms with Gasteiger partial charge in [0, 0.05) is 12.6 Å². The maximum absolute atomic E-state index is 12.4. The molecule has 2 N–H and O–H groups in total. The summed E-state index contributed by atoms with van der Waals surface area (Å²) in [7, 11) is -3.59. The number of amides is 1. The number of carbonyl (C=O) groups excluding carboxylic acids is 1. The Morgan fingerprint density at radius 2 is 1.63 bits per heavy atom. The summed E-state index contributed by atoms with van der Waals surface area (Å²) in [5.41, 5.74) is 1.07. The largest absolute Gasteiger partial charge is 0.481 e. The third-order valence-electron chi connectivity index (χ3n) is 3.80. The number of benzene rings is 2. The molecule has 0 aromatic heterocycles. The summed E-state index contributed by atoms with van der Waals surface area (Å²) in [5, 5.41) is 2.77. The fraction of sp³-hybridized carbons (Fsp3) is 0.350. The molecule has 0 saturated heterocycles. The molecule has 146 valence electrons. The molecule has 0 fully saturated rings. The molecule has 1 amide bonds. The average molecular weight is 391 g/mol. The summed E-state index contributed by atoms with van der Waals surface area (Å²) in [6.07, 6.45) is -0.0529. The van der Waals surface area contributed by atoms with Crippen LogP contribution in [0.5, 0.6) is 5.75 Å². The molecular weight excluding hydrogens is 364 g/mol. The first kappa shape index (κ1) is 20.9. The zero-order valence-corrected chi connectivity index (χ0v) is 16.6. The molecule has 1 atom stereocenters. The fourth-order valence-electron chi connectivity index (χ4n) is 2.41. The van der Waals surface area contributed by atoms with Crippen LogP contribution in [0.15, 0.2) is 59.5 Å². The quantitative estimate of drug-likeness (QED) is 0.689. The van der Waals surface area contributed by atoms with Gasteiger partial charge in [-0.15, -0.1) is 0 Å². The van der Waals surface area contributed by atoms with Gasteiger partial charge >= 0.3 is 0 Å². The van der Waals surface area contributed by atoms with E-state index in [-0.39, 0.29) is 16.8 Å². The second-order valence-electron chi connectivity index (χ2n) is 6.53. The molecule has 7 heteroatoms. The molecule has 2 aromatic rings. The van der Waals surface area contributed by atoms with E-state index in [2.05, 4.69) is 10.0 Å². The average Bonchev–Trinajstić information content (AvgIpc) is 2.62. The summed E-state index contributed by atoms with van der Waals surface area (Å²) in [6.45, 7) is 5.70. The van der Waals surface area contributed by atoms with E-state index < -0.39 is 16.1 Å². The Labute approximate surface area is 161 Å². The van der Waals surface area contributed by atoms with Gasteiger partial charge in [0.05, 0.1) is 4.90 Å². The molecule has 2 rings (SSSR count). The van der Waals surface area contributed by atoms with Crippen molar-refractivity contribution in [1.82, 2.24) is 10.0 Å². The van der Waals surface area contributed by atoms with E-state index in [1.165, 1.54) is 12.1 Å². The molecule has 27 heavy (non-hydrogen) atoms. The Balaban J connectivity index is 1.91. The molecule has 0 aliphatic rings. The molecule has 0 aliphatic heterocycles. The highest BCUT2D eigenvalue weighted by molar-refractivity contribution is 7.89. The number of ether oxygens (including phenoxy) is 1. The number of sulfonamides is 1. The fourth-order valence-corrected chi connectivity index (χ4v) is 3.45. The molecule has 6 nitrogen and oxygen atoms in total. The molecule has 0 aliphatic carbocycles. The lowest BCUT2D eigenvalue weighted by molar-refractivity contribution is -0.127. The summed E-state index contributed by atoms with van der Waals surface area (Å²) in [5.74, 6) is 0.217. The standard InChI is InChI=1S/C20H26N2O4S/c1-15(2)22-20(23)16(3)26-18-9-11-19(12-10-18)27(24,25)21-14-13-17-7-5-4-6-8-17/h4-12,15-16,21H,13-14H2,1-3H3,(H,22,23)/t16-/m1/s1. The highest BCUT2D eigenvalue weighted by Gasteiger charge is 2.17. The van der Waals surface area contributed by atoms with Gasteiger partial charge in [0.25, 0.3) is 5.91 Å². The minimum absolute atomic E-state index is 0.0260. The van der Waals surface area contributed by atoms with Gasteiger partial charge in [0.2, 0.25) is 10.0 Å². The molecule has 2 aromatic carbocycles. The van der Waals surface area contributed by atoms with Crippen molar-refractivity contribution in [1.29, 1.82) is 0 Å². The monoisotopic (exact) mass is 390 g/mol. The summed E-state index contributed by atoms with van der Waals surface area (Å²) in [6, 6.07) is 15.7. The normalized spacial score (nSPS) is 12.6. The zero-order chi connectivity index (χ0) is 19.9. The number of carbonyl (C=O) groups is 1. The van der Waals surface area contributed by atoms with Crippen LogP contribution in [0.2, 0.25) is 0 Å². The molecule has 0 heterocycles. The van der Waals surface area contributed by atoms with Crippen LogP contribution in [-0.2, 0) is 21.2 Å². The third-order valence-corrected chi connectivity index (χ3v) is 5.27. The molecule has 0 unspecified atom stereocenters. The van der Waals surface area contributed by atoms with E-state index in [0.717, 1.165) is 5.56 Å². The molecule has 0 radical (unpaired) electrons. The van der Waals surface area contributed by atoms with Crippen molar-refractivity contribution >= 4 is 15.9 Å². The third kappa shape index (κ3) is 6.69. The van der Waals surface area contributed by atoms with Crippen molar-refractivity contribution in [3.8, 4) is 5.75 Å². The van der Waals surface area contributed by atoms with Crippen molar-refractivity contribution < 1.29 is 17.9 Å². The first-order chi connectivity index (χ1) is 12.8. The van der Waals surface area contributed by atoms with Gasteiger partial charge < -0.3 is 10.1 Å². The van der Waals surface area contributed by atoms with Crippen LogP contribution in [-0.4, -0.2) is 33.0 Å². The lowest BCUT2D eigenvalue weighted by Gasteiger charge is -2.16. The highest BCUT2D eigenvalue weighted by Crippen LogP contribution is 2.17. The number of rotatable bonds is 9. The van der Waals surface area contributed by atoms with Crippen LogP contribution in [0, 0.1) is 0 Å². The molecule has 0 spiro atoms. The van der Waals surface area contributed by atoms with Crippen molar-refractivity contribution in [2.24, 2.45) is 0 Å². The van der Waals surface area contributed by atoms with Crippen LogP contribution in [0.1, 0.15) is 26.3 Å². The van der Waals surface area contributed by atoms with E-state index in [1.54, 1.807) is 19.1 Å². The van der Waals surface area contributed by atoms with E-state index in [1.807, 2.05) is 44.2 Å².